The van der Waals surface area contributed by atoms with Gasteiger partial charge in [0.15, 0.2) is 11.0 Å². The van der Waals surface area contributed by atoms with Gasteiger partial charge in [0.2, 0.25) is 0 Å². The molecule has 0 unspecified atom stereocenters. The first-order valence-corrected chi connectivity index (χ1v) is 6.99. The number of hydrogen-bond donors (Lipinski definition) is 1. The predicted octanol–water partition coefficient (Wildman–Crippen LogP) is 4.47. The molecule has 0 saturated carbocycles. The molecule has 0 spiro atoms. The predicted molar refractivity (Wildman–Crippen MR) is 84.9 cm³/mol. The Morgan fingerprint density at radius 2 is 1.82 bits per heavy atom. The van der Waals surface area contributed by atoms with Crippen molar-refractivity contribution in [2.45, 2.75) is 0 Å². The van der Waals surface area contributed by atoms with Crippen LogP contribution in [0.2, 0.25) is 10.0 Å². The van der Waals surface area contributed by atoms with Gasteiger partial charge in [-0.1, -0.05) is 41.4 Å². The highest BCUT2D eigenvalue weighted by Gasteiger charge is 2.16. The van der Waals surface area contributed by atoms with Crippen LogP contribution in [0.25, 0.3) is 22.3 Å². The number of carbonyl (C=O) groups is 1. The number of benzene rings is 2. The maximum absolute atomic E-state index is 12.2. The van der Waals surface area contributed by atoms with Gasteiger partial charge in [-0.2, -0.15) is 0 Å². The second-order valence-corrected chi connectivity index (χ2v) is 5.35. The van der Waals surface area contributed by atoms with Crippen molar-refractivity contribution in [3.05, 3.63) is 68.3 Å². The molecular weight excluding hydrogens is 327 g/mol. The molecule has 0 fully saturated rings. The largest absolute Gasteiger partial charge is 0.478 e. The van der Waals surface area contributed by atoms with Crippen LogP contribution in [0.1, 0.15) is 10.4 Å². The topological polar surface area (TPSA) is 67.5 Å². The lowest BCUT2D eigenvalue weighted by Crippen LogP contribution is -2.03. The van der Waals surface area contributed by atoms with Crippen LogP contribution in [-0.4, -0.2) is 11.1 Å². The summed E-state index contributed by atoms with van der Waals surface area (Å²) in [5.41, 5.74) is 0.139. The first-order valence-electron chi connectivity index (χ1n) is 6.23. The van der Waals surface area contributed by atoms with Gasteiger partial charge in [0.25, 0.3) is 0 Å². The fraction of sp³-hybridized carbons (Fsp3) is 0. The summed E-state index contributed by atoms with van der Waals surface area (Å²) in [6, 6.07) is 10.5. The zero-order chi connectivity index (χ0) is 15.9. The van der Waals surface area contributed by atoms with Gasteiger partial charge in [0.1, 0.15) is 10.8 Å². The second-order valence-electron chi connectivity index (χ2n) is 4.56. The van der Waals surface area contributed by atoms with E-state index in [1.165, 1.54) is 24.3 Å². The van der Waals surface area contributed by atoms with Crippen molar-refractivity contribution in [3.63, 3.8) is 0 Å². The van der Waals surface area contributed by atoms with Crippen LogP contribution in [0.4, 0.5) is 0 Å². The highest BCUT2D eigenvalue weighted by atomic mass is 35.5. The molecule has 0 radical (unpaired) electrons. The van der Waals surface area contributed by atoms with Gasteiger partial charge >= 0.3 is 5.97 Å². The van der Waals surface area contributed by atoms with Gasteiger partial charge in [-0.15, -0.1) is 0 Å². The van der Waals surface area contributed by atoms with E-state index in [9.17, 15) is 14.7 Å². The number of halogens is 2. The monoisotopic (exact) mass is 334 g/mol. The Bertz CT molecular complexity index is 960. The highest BCUT2D eigenvalue weighted by molar-refractivity contribution is 6.44. The SMILES string of the molecule is O=C(O)c1ccccc1-c1cc(=O)c2ccc(Cl)c(Cl)c2o1. The van der Waals surface area contributed by atoms with Gasteiger partial charge in [0, 0.05) is 11.6 Å². The van der Waals surface area contributed by atoms with Gasteiger partial charge in [-0.3, -0.25) is 4.79 Å². The summed E-state index contributed by atoms with van der Waals surface area (Å²) in [4.78, 5) is 23.5. The van der Waals surface area contributed by atoms with Crippen LogP contribution < -0.4 is 5.43 Å². The van der Waals surface area contributed by atoms with E-state index in [0.29, 0.717) is 5.56 Å². The van der Waals surface area contributed by atoms with E-state index in [-0.39, 0.29) is 37.8 Å². The van der Waals surface area contributed by atoms with Crippen molar-refractivity contribution >= 4 is 40.1 Å². The summed E-state index contributed by atoms with van der Waals surface area (Å²) in [5, 5.41) is 9.89. The number of aromatic carboxylic acids is 1. The highest BCUT2D eigenvalue weighted by Crippen LogP contribution is 2.32. The molecule has 1 aromatic heterocycles. The third-order valence-corrected chi connectivity index (χ3v) is 4.00. The molecule has 4 nitrogen and oxygen atoms in total. The Morgan fingerprint density at radius 3 is 2.55 bits per heavy atom. The van der Waals surface area contributed by atoms with Gasteiger partial charge in [-0.05, 0) is 18.2 Å². The quantitative estimate of drug-likeness (QED) is 0.750. The fourth-order valence-corrected chi connectivity index (χ4v) is 2.53. The van der Waals surface area contributed by atoms with Crippen molar-refractivity contribution in [2.75, 3.05) is 0 Å². The van der Waals surface area contributed by atoms with Crippen molar-refractivity contribution in [3.8, 4) is 11.3 Å². The van der Waals surface area contributed by atoms with Gasteiger partial charge in [-0.25, -0.2) is 4.79 Å². The molecule has 22 heavy (non-hydrogen) atoms. The van der Waals surface area contributed by atoms with Crippen LogP contribution in [0, 0.1) is 0 Å². The van der Waals surface area contributed by atoms with Gasteiger partial charge < -0.3 is 9.52 Å². The van der Waals surface area contributed by atoms with Crippen LogP contribution in [-0.2, 0) is 0 Å². The lowest BCUT2D eigenvalue weighted by atomic mass is 10.0. The molecule has 1 N–H and O–H groups in total. The molecule has 1 heterocycles. The molecule has 6 heteroatoms. The smallest absolute Gasteiger partial charge is 0.336 e. The normalized spacial score (nSPS) is 10.8. The number of rotatable bonds is 2. The Hall–Kier alpha value is -2.30. The molecule has 0 aliphatic carbocycles. The second kappa shape index (κ2) is 5.48. The number of carboxylic acids is 1. The Kier molecular flexibility index (Phi) is 3.64. The lowest BCUT2D eigenvalue weighted by Gasteiger charge is -2.07. The Labute approximate surface area is 134 Å². The summed E-state index contributed by atoms with van der Waals surface area (Å²) in [5.74, 6) is -0.991. The van der Waals surface area contributed by atoms with Crippen molar-refractivity contribution in [1.82, 2.24) is 0 Å². The van der Waals surface area contributed by atoms with E-state index in [1.807, 2.05) is 0 Å². The average molecular weight is 335 g/mol. The average Bonchev–Trinajstić information content (AvgIpc) is 2.51. The molecule has 3 aromatic rings. The third kappa shape index (κ3) is 2.36. The molecule has 2 aromatic carbocycles. The molecule has 3 rings (SSSR count). The fourth-order valence-electron chi connectivity index (χ4n) is 2.18. The van der Waals surface area contributed by atoms with E-state index >= 15 is 0 Å². The molecule has 0 saturated heterocycles. The minimum absolute atomic E-state index is 0.0307. The standard InChI is InChI=1S/C16H8Cl2O4/c17-11-6-5-10-12(19)7-13(22-15(10)14(11)18)8-3-1-2-4-9(8)16(20)21/h1-7H,(H,20,21). The summed E-state index contributed by atoms with van der Waals surface area (Å²) in [6.07, 6.45) is 0. The van der Waals surface area contributed by atoms with Crippen molar-refractivity contribution < 1.29 is 14.3 Å². The van der Waals surface area contributed by atoms with E-state index in [2.05, 4.69) is 0 Å². The summed E-state index contributed by atoms with van der Waals surface area (Å²) >= 11 is 12.0. The van der Waals surface area contributed by atoms with Crippen LogP contribution in [0.5, 0.6) is 0 Å². The van der Waals surface area contributed by atoms with Gasteiger partial charge in [0.05, 0.1) is 16.0 Å². The summed E-state index contributed by atoms with van der Waals surface area (Å²) in [7, 11) is 0. The zero-order valence-corrected chi connectivity index (χ0v) is 12.5. The minimum Gasteiger partial charge on any atom is -0.478 e. The number of fused-ring (bicyclic) bond motifs is 1. The van der Waals surface area contributed by atoms with Crippen molar-refractivity contribution in [2.24, 2.45) is 0 Å². The molecule has 0 amide bonds. The molecule has 0 aliphatic rings. The van der Waals surface area contributed by atoms with E-state index in [4.69, 9.17) is 27.6 Å². The van der Waals surface area contributed by atoms with E-state index < -0.39 is 5.97 Å². The Morgan fingerprint density at radius 1 is 1.09 bits per heavy atom. The first kappa shape index (κ1) is 14.6. The lowest BCUT2D eigenvalue weighted by molar-refractivity contribution is 0.0697. The first-order chi connectivity index (χ1) is 10.5. The summed E-state index contributed by atoms with van der Waals surface area (Å²) < 4.78 is 5.65. The van der Waals surface area contributed by atoms with Crippen molar-refractivity contribution in [1.29, 1.82) is 0 Å². The molecule has 110 valence electrons. The maximum Gasteiger partial charge on any atom is 0.336 e. The third-order valence-electron chi connectivity index (χ3n) is 3.21. The Balaban J connectivity index is 2.37. The maximum atomic E-state index is 12.2. The molecular formula is C16H8Cl2O4. The van der Waals surface area contributed by atoms with Crippen LogP contribution >= 0.6 is 23.2 Å². The molecule has 0 aliphatic heterocycles. The zero-order valence-electron chi connectivity index (χ0n) is 11.0. The molecule has 0 atom stereocenters. The van der Waals surface area contributed by atoms with E-state index in [1.54, 1.807) is 18.2 Å². The summed E-state index contributed by atoms with van der Waals surface area (Å²) in [6.45, 7) is 0. The minimum atomic E-state index is -1.12. The van der Waals surface area contributed by atoms with E-state index in [0.717, 1.165) is 0 Å². The van der Waals surface area contributed by atoms with Crippen LogP contribution in [0.3, 0.4) is 0 Å². The van der Waals surface area contributed by atoms with Crippen LogP contribution in [0.15, 0.2) is 51.7 Å². The molecule has 0 bridgehead atoms. The number of hydrogen-bond acceptors (Lipinski definition) is 3. The number of carboxylic acid groups (broad SMARTS) is 1.